The second-order valence-corrected chi connectivity index (χ2v) is 7.08. The lowest BCUT2D eigenvalue weighted by atomic mass is 10.1. The summed E-state index contributed by atoms with van der Waals surface area (Å²) in [6.45, 7) is 11.5. The third kappa shape index (κ3) is 4.91. The summed E-state index contributed by atoms with van der Waals surface area (Å²) in [4.78, 5) is 0. The maximum Gasteiger partial charge on any atom is 0.500 e. The van der Waals surface area contributed by atoms with E-state index in [1.165, 1.54) is 0 Å². The van der Waals surface area contributed by atoms with Crippen LogP contribution in [0.3, 0.4) is 0 Å². The smallest absolute Gasteiger partial charge is 0.374 e. The third-order valence-corrected chi connectivity index (χ3v) is 5.74. The summed E-state index contributed by atoms with van der Waals surface area (Å²) in [5.74, 6) is 0. The molecule has 0 amide bonds. The van der Waals surface area contributed by atoms with Gasteiger partial charge in [-0.3, -0.25) is 0 Å². The van der Waals surface area contributed by atoms with Crippen molar-refractivity contribution in [2.45, 2.75) is 33.4 Å². The molecule has 0 aliphatic rings. The van der Waals surface area contributed by atoms with E-state index in [1.807, 2.05) is 44.2 Å². The summed E-state index contributed by atoms with van der Waals surface area (Å²) in [6, 6.07) is 8.94. The molecule has 19 heavy (non-hydrogen) atoms. The van der Waals surface area contributed by atoms with E-state index in [4.69, 9.17) is 13.3 Å². The van der Waals surface area contributed by atoms with Gasteiger partial charge in [-0.25, -0.2) is 0 Å². The van der Waals surface area contributed by atoms with Gasteiger partial charge in [-0.05, 0) is 25.0 Å². The SMILES string of the molecule is C=Cc1ccc(CO[Si](CC)(OCC)OCC)cc1. The van der Waals surface area contributed by atoms with Crippen LogP contribution in [-0.4, -0.2) is 22.0 Å². The zero-order valence-electron chi connectivity index (χ0n) is 12.1. The van der Waals surface area contributed by atoms with E-state index in [1.54, 1.807) is 0 Å². The summed E-state index contributed by atoms with van der Waals surface area (Å²) in [6.07, 6.45) is 1.83. The van der Waals surface area contributed by atoms with Gasteiger partial charge in [0.15, 0.2) is 0 Å². The van der Waals surface area contributed by atoms with Crippen molar-refractivity contribution in [3.63, 3.8) is 0 Å². The van der Waals surface area contributed by atoms with Gasteiger partial charge >= 0.3 is 8.80 Å². The normalized spacial score (nSPS) is 11.5. The molecule has 0 aliphatic carbocycles. The Kier molecular flexibility index (Phi) is 7.01. The maximum absolute atomic E-state index is 5.99. The Hall–Kier alpha value is -0.943. The van der Waals surface area contributed by atoms with Crippen molar-refractivity contribution in [3.8, 4) is 0 Å². The molecule has 1 aromatic carbocycles. The molecular formula is C15H24O3Si. The predicted octanol–water partition coefficient (Wildman–Crippen LogP) is 3.88. The van der Waals surface area contributed by atoms with Crippen molar-refractivity contribution in [3.05, 3.63) is 42.0 Å². The highest BCUT2D eigenvalue weighted by atomic mass is 28.4. The van der Waals surface area contributed by atoms with E-state index in [-0.39, 0.29) is 0 Å². The minimum Gasteiger partial charge on any atom is -0.374 e. The molecule has 0 fully saturated rings. The lowest BCUT2D eigenvalue weighted by Gasteiger charge is -2.27. The average molecular weight is 280 g/mol. The van der Waals surface area contributed by atoms with E-state index in [0.717, 1.165) is 17.2 Å². The molecule has 0 unspecified atom stereocenters. The molecular weight excluding hydrogens is 256 g/mol. The fourth-order valence-corrected chi connectivity index (χ4v) is 3.94. The highest BCUT2D eigenvalue weighted by molar-refractivity contribution is 6.60. The fraction of sp³-hybridized carbons (Fsp3) is 0.467. The van der Waals surface area contributed by atoms with Crippen LogP contribution in [0, 0.1) is 0 Å². The first kappa shape index (κ1) is 16.1. The monoisotopic (exact) mass is 280 g/mol. The first-order chi connectivity index (χ1) is 9.19. The molecule has 0 saturated carbocycles. The molecule has 4 heteroatoms. The van der Waals surface area contributed by atoms with Crippen LogP contribution in [0.2, 0.25) is 6.04 Å². The largest absolute Gasteiger partial charge is 0.500 e. The van der Waals surface area contributed by atoms with Crippen molar-refractivity contribution in [1.29, 1.82) is 0 Å². The Labute approximate surface area is 117 Å². The number of hydrogen-bond donors (Lipinski definition) is 0. The summed E-state index contributed by atoms with van der Waals surface area (Å²) < 4.78 is 17.5. The van der Waals surface area contributed by atoms with Gasteiger partial charge in [0.05, 0.1) is 6.61 Å². The molecule has 0 saturated heterocycles. The van der Waals surface area contributed by atoms with Crippen LogP contribution in [0.5, 0.6) is 0 Å². The van der Waals surface area contributed by atoms with Crippen LogP contribution in [0.1, 0.15) is 31.9 Å². The molecule has 0 bridgehead atoms. The maximum atomic E-state index is 5.99. The first-order valence-electron chi connectivity index (χ1n) is 6.83. The lowest BCUT2D eigenvalue weighted by Crippen LogP contribution is -2.45. The first-order valence-corrected chi connectivity index (χ1v) is 8.76. The second-order valence-electron chi connectivity index (χ2n) is 4.14. The van der Waals surface area contributed by atoms with Crippen molar-refractivity contribution >= 4 is 14.9 Å². The molecule has 0 spiro atoms. The van der Waals surface area contributed by atoms with E-state index in [9.17, 15) is 0 Å². The molecule has 1 aromatic rings. The van der Waals surface area contributed by atoms with Gasteiger partial charge < -0.3 is 13.3 Å². The van der Waals surface area contributed by atoms with Gasteiger partial charge in [-0.15, -0.1) is 0 Å². The van der Waals surface area contributed by atoms with Gasteiger partial charge in [0, 0.05) is 19.3 Å². The highest BCUT2D eigenvalue weighted by Crippen LogP contribution is 2.18. The summed E-state index contributed by atoms with van der Waals surface area (Å²) in [5, 5.41) is 0. The van der Waals surface area contributed by atoms with E-state index in [0.29, 0.717) is 19.8 Å². The number of rotatable bonds is 9. The Balaban J connectivity index is 2.65. The van der Waals surface area contributed by atoms with Gasteiger partial charge in [0.1, 0.15) is 0 Å². The Morgan fingerprint density at radius 2 is 1.58 bits per heavy atom. The highest BCUT2D eigenvalue weighted by Gasteiger charge is 2.38. The van der Waals surface area contributed by atoms with Crippen molar-refractivity contribution in [1.82, 2.24) is 0 Å². The average Bonchev–Trinajstić information content (AvgIpc) is 2.46. The van der Waals surface area contributed by atoms with Gasteiger partial charge in [-0.1, -0.05) is 43.8 Å². The van der Waals surface area contributed by atoms with Crippen molar-refractivity contribution in [2.75, 3.05) is 13.2 Å². The Bertz CT molecular complexity index is 369. The molecule has 0 aromatic heterocycles. The van der Waals surface area contributed by atoms with E-state index < -0.39 is 8.80 Å². The van der Waals surface area contributed by atoms with Crippen LogP contribution in [0.4, 0.5) is 0 Å². The molecule has 106 valence electrons. The molecule has 0 heterocycles. The summed E-state index contributed by atoms with van der Waals surface area (Å²) in [5.41, 5.74) is 2.23. The molecule has 0 radical (unpaired) electrons. The molecule has 0 atom stereocenters. The van der Waals surface area contributed by atoms with Crippen molar-refractivity contribution in [2.24, 2.45) is 0 Å². The third-order valence-electron chi connectivity index (χ3n) is 2.84. The van der Waals surface area contributed by atoms with Crippen LogP contribution in [0.15, 0.2) is 30.8 Å². The van der Waals surface area contributed by atoms with Crippen LogP contribution in [0.25, 0.3) is 6.08 Å². The molecule has 1 rings (SSSR count). The topological polar surface area (TPSA) is 27.7 Å². The lowest BCUT2D eigenvalue weighted by molar-refractivity contribution is 0.0624. The predicted molar refractivity (Wildman–Crippen MR) is 80.8 cm³/mol. The Morgan fingerprint density at radius 3 is 2.00 bits per heavy atom. The van der Waals surface area contributed by atoms with Crippen LogP contribution in [-0.2, 0) is 19.9 Å². The minimum absolute atomic E-state index is 0.525. The molecule has 0 N–H and O–H groups in total. The van der Waals surface area contributed by atoms with Gasteiger partial charge in [-0.2, -0.15) is 0 Å². The zero-order valence-corrected chi connectivity index (χ0v) is 13.1. The van der Waals surface area contributed by atoms with Crippen LogP contribution < -0.4 is 0 Å². The molecule has 0 aliphatic heterocycles. The standard InChI is InChI=1S/C15H24O3Si/c1-5-14-9-11-15(12-10-14)13-18-19(8-4,16-6-2)17-7-3/h5,9-12H,1,6-8,13H2,2-4H3. The van der Waals surface area contributed by atoms with Gasteiger partial charge in [0.2, 0.25) is 0 Å². The summed E-state index contributed by atoms with van der Waals surface area (Å²) >= 11 is 0. The fourth-order valence-electron chi connectivity index (χ4n) is 1.81. The summed E-state index contributed by atoms with van der Waals surface area (Å²) in [7, 11) is -2.49. The van der Waals surface area contributed by atoms with Crippen LogP contribution >= 0.6 is 0 Å². The number of benzene rings is 1. The second kappa shape index (κ2) is 8.27. The zero-order chi connectivity index (χ0) is 14.1. The van der Waals surface area contributed by atoms with E-state index in [2.05, 4.69) is 13.5 Å². The Morgan fingerprint density at radius 1 is 1.00 bits per heavy atom. The minimum atomic E-state index is -2.49. The molecule has 3 nitrogen and oxygen atoms in total. The quantitative estimate of drug-likeness (QED) is 0.643. The van der Waals surface area contributed by atoms with Gasteiger partial charge in [0.25, 0.3) is 0 Å². The van der Waals surface area contributed by atoms with E-state index >= 15 is 0 Å². The number of hydrogen-bond acceptors (Lipinski definition) is 3. The van der Waals surface area contributed by atoms with Crippen molar-refractivity contribution < 1.29 is 13.3 Å².